The van der Waals surface area contributed by atoms with Crippen LogP contribution in [-0.4, -0.2) is 18.4 Å². The molecule has 0 bridgehead atoms. The highest BCUT2D eigenvalue weighted by molar-refractivity contribution is 7.92. The highest BCUT2D eigenvalue weighted by Gasteiger charge is 2.29. The number of sulfonamides is 1. The number of aryl methyl sites for hydroxylation is 1. The van der Waals surface area contributed by atoms with Gasteiger partial charge in [-0.25, -0.2) is 18.7 Å². The van der Waals surface area contributed by atoms with Crippen LogP contribution in [0.2, 0.25) is 0 Å². The van der Waals surface area contributed by atoms with Crippen LogP contribution in [0.25, 0.3) is 11.3 Å². The van der Waals surface area contributed by atoms with E-state index in [1.165, 1.54) is 29.7 Å². The molecule has 2 heterocycles. The van der Waals surface area contributed by atoms with Gasteiger partial charge in [0.2, 0.25) is 0 Å². The molecule has 1 aliphatic carbocycles. The Morgan fingerprint density at radius 1 is 1.21 bits per heavy atom. The fraction of sp³-hybridized carbons (Fsp3) is 0.263. The summed E-state index contributed by atoms with van der Waals surface area (Å²) in [6.45, 7) is 1.60. The van der Waals surface area contributed by atoms with Crippen molar-refractivity contribution in [1.82, 2.24) is 9.97 Å². The zero-order valence-electron chi connectivity index (χ0n) is 15.4. The molecule has 0 unspecified atom stereocenters. The molecule has 152 valence electrons. The summed E-state index contributed by atoms with van der Waals surface area (Å²) in [5.74, 6) is -1.69. The van der Waals surface area contributed by atoms with Crippen molar-refractivity contribution >= 4 is 32.2 Å². The van der Waals surface area contributed by atoms with E-state index < -0.39 is 21.7 Å². The molecule has 0 atom stereocenters. The van der Waals surface area contributed by atoms with Crippen LogP contribution in [0.4, 0.5) is 19.6 Å². The van der Waals surface area contributed by atoms with E-state index in [9.17, 15) is 17.2 Å². The van der Waals surface area contributed by atoms with Crippen molar-refractivity contribution in [3.05, 3.63) is 52.5 Å². The Balaban J connectivity index is 1.73. The fourth-order valence-corrected chi connectivity index (χ4v) is 5.75. The average molecular weight is 437 g/mol. The lowest BCUT2D eigenvalue weighted by atomic mass is 9.83. The van der Waals surface area contributed by atoms with Crippen LogP contribution in [0.3, 0.4) is 0 Å². The highest BCUT2D eigenvalue weighted by Crippen LogP contribution is 2.45. The van der Waals surface area contributed by atoms with Crippen LogP contribution in [0, 0.1) is 18.6 Å². The van der Waals surface area contributed by atoms with Crippen molar-refractivity contribution in [2.24, 2.45) is 0 Å². The first kappa shape index (κ1) is 19.7. The third kappa shape index (κ3) is 3.82. The number of aromatic nitrogens is 2. The van der Waals surface area contributed by atoms with Crippen molar-refractivity contribution in [2.45, 2.75) is 37.1 Å². The predicted octanol–water partition coefficient (Wildman–Crippen LogP) is 4.44. The first-order chi connectivity index (χ1) is 13.7. The first-order valence-corrected chi connectivity index (χ1v) is 11.3. The minimum Gasteiger partial charge on any atom is -0.397 e. The minimum atomic E-state index is -3.98. The molecule has 1 aromatic carbocycles. The average Bonchev–Trinajstić information content (AvgIpc) is 2.97. The largest absolute Gasteiger partial charge is 0.397 e. The lowest BCUT2D eigenvalue weighted by Crippen LogP contribution is -2.16. The lowest BCUT2D eigenvalue weighted by molar-refractivity contribution is 0.426. The van der Waals surface area contributed by atoms with Crippen molar-refractivity contribution in [1.29, 1.82) is 0 Å². The van der Waals surface area contributed by atoms with Crippen LogP contribution < -0.4 is 10.5 Å². The van der Waals surface area contributed by atoms with E-state index in [2.05, 4.69) is 14.7 Å². The maximum absolute atomic E-state index is 13.7. The van der Waals surface area contributed by atoms with Gasteiger partial charge in [0.15, 0.2) is 21.8 Å². The van der Waals surface area contributed by atoms with Crippen LogP contribution in [0.15, 0.2) is 35.5 Å². The quantitative estimate of drug-likeness (QED) is 0.616. The molecule has 4 rings (SSSR count). The molecule has 3 N–H and O–H groups in total. The van der Waals surface area contributed by atoms with Crippen LogP contribution in [-0.2, 0) is 10.0 Å². The van der Waals surface area contributed by atoms with E-state index in [4.69, 9.17) is 5.73 Å². The van der Waals surface area contributed by atoms with Gasteiger partial charge in [-0.05, 0) is 55.5 Å². The SMILES string of the molecule is Cc1cc(N)cnc1S(=O)(=O)Nc1nc(-c2ccc(F)c(F)c2)c(C2CCC2)s1. The summed E-state index contributed by atoms with van der Waals surface area (Å²) in [5.41, 5.74) is 7.30. The second kappa shape index (κ2) is 7.34. The molecule has 6 nitrogen and oxygen atoms in total. The summed E-state index contributed by atoms with van der Waals surface area (Å²) in [7, 11) is -3.98. The maximum Gasteiger partial charge on any atom is 0.281 e. The Kier molecular flexibility index (Phi) is 4.99. The van der Waals surface area contributed by atoms with Gasteiger partial charge >= 0.3 is 0 Å². The van der Waals surface area contributed by atoms with Gasteiger partial charge in [-0.1, -0.05) is 6.42 Å². The number of rotatable bonds is 5. The molecule has 0 spiro atoms. The molecule has 10 heteroatoms. The number of nitrogens with two attached hydrogens (primary N) is 1. The van der Waals surface area contributed by atoms with Gasteiger partial charge in [-0.2, -0.15) is 8.42 Å². The summed E-state index contributed by atoms with van der Waals surface area (Å²) in [6, 6.07) is 5.09. The topological polar surface area (TPSA) is 98.0 Å². The fourth-order valence-electron chi connectivity index (χ4n) is 3.20. The van der Waals surface area contributed by atoms with Crippen LogP contribution in [0.5, 0.6) is 0 Å². The Labute approximate surface area is 170 Å². The Hall–Kier alpha value is -2.59. The van der Waals surface area contributed by atoms with E-state index in [0.29, 0.717) is 22.5 Å². The van der Waals surface area contributed by atoms with Crippen molar-refractivity contribution in [3.8, 4) is 11.3 Å². The normalized spacial score (nSPS) is 14.6. The summed E-state index contributed by atoms with van der Waals surface area (Å²) < 4.78 is 55.1. The number of anilines is 2. The number of hydrogen-bond acceptors (Lipinski definition) is 6. The van der Waals surface area contributed by atoms with Gasteiger partial charge in [-0.3, -0.25) is 4.72 Å². The van der Waals surface area contributed by atoms with E-state index in [1.807, 2.05) is 0 Å². The Morgan fingerprint density at radius 3 is 2.59 bits per heavy atom. The molecule has 0 saturated heterocycles. The van der Waals surface area contributed by atoms with Crippen LogP contribution in [0.1, 0.15) is 35.6 Å². The zero-order chi connectivity index (χ0) is 20.8. The molecule has 0 aliphatic heterocycles. The lowest BCUT2D eigenvalue weighted by Gasteiger charge is -2.24. The zero-order valence-corrected chi connectivity index (χ0v) is 17.1. The second-order valence-electron chi connectivity index (χ2n) is 6.98. The van der Waals surface area contributed by atoms with E-state index in [0.717, 1.165) is 36.3 Å². The molecule has 1 aliphatic rings. The predicted molar refractivity (Wildman–Crippen MR) is 108 cm³/mol. The van der Waals surface area contributed by atoms with E-state index in [1.54, 1.807) is 6.92 Å². The molecule has 0 radical (unpaired) electrons. The van der Waals surface area contributed by atoms with Crippen molar-refractivity contribution in [2.75, 3.05) is 10.5 Å². The third-order valence-electron chi connectivity index (χ3n) is 4.85. The number of halogens is 2. The number of nitrogens with zero attached hydrogens (tertiary/aromatic N) is 2. The Bertz CT molecular complexity index is 1190. The molecule has 2 aromatic heterocycles. The van der Waals surface area contributed by atoms with Gasteiger partial charge in [0.25, 0.3) is 10.0 Å². The molecular weight excluding hydrogens is 418 g/mol. The monoisotopic (exact) mass is 436 g/mol. The van der Waals surface area contributed by atoms with E-state index in [-0.39, 0.29) is 16.1 Å². The molecular formula is C19H18F2N4O2S2. The number of nitrogen functional groups attached to an aromatic ring is 1. The van der Waals surface area contributed by atoms with Gasteiger partial charge in [0.05, 0.1) is 17.6 Å². The summed E-state index contributed by atoms with van der Waals surface area (Å²) in [5, 5.41) is 0.0196. The number of benzene rings is 1. The maximum atomic E-state index is 13.7. The van der Waals surface area contributed by atoms with Gasteiger partial charge in [-0.15, -0.1) is 11.3 Å². The second-order valence-corrected chi connectivity index (χ2v) is 9.61. The first-order valence-electron chi connectivity index (χ1n) is 8.95. The Morgan fingerprint density at radius 2 is 1.97 bits per heavy atom. The summed E-state index contributed by atoms with van der Waals surface area (Å²) >= 11 is 1.21. The van der Waals surface area contributed by atoms with Gasteiger partial charge < -0.3 is 5.73 Å². The van der Waals surface area contributed by atoms with Gasteiger partial charge in [0, 0.05) is 10.4 Å². The number of hydrogen-bond donors (Lipinski definition) is 2. The summed E-state index contributed by atoms with van der Waals surface area (Å²) in [6.07, 6.45) is 4.23. The molecule has 1 saturated carbocycles. The molecule has 29 heavy (non-hydrogen) atoms. The van der Waals surface area contributed by atoms with E-state index >= 15 is 0 Å². The molecule has 1 fully saturated rings. The summed E-state index contributed by atoms with van der Waals surface area (Å²) in [4.78, 5) is 9.19. The smallest absolute Gasteiger partial charge is 0.281 e. The highest BCUT2D eigenvalue weighted by atomic mass is 32.2. The minimum absolute atomic E-state index is 0.138. The van der Waals surface area contributed by atoms with Gasteiger partial charge in [0.1, 0.15) is 0 Å². The molecule has 3 aromatic rings. The standard InChI is InChI=1S/C19H18F2N4O2S2/c1-10-7-13(22)9-23-18(10)29(26,27)25-19-24-16(17(28-19)11-3-2-4-11)12-5-6-14(20)15(21)8-12/h5-9,11H,2-4,22H2,1H3,(H,24,25). The van der Waals surface area contributed by atoms with Crippen LogP contribution >= 0.6 is 11.3 Å². The van der Waals surface area contributed by atoms with Crippen molar-refractivity contribution < 1.29 is 17.2 Å². The van der Waals surface area contributed by atoms with Crippen molar-refractivity contribution in [3.63, 3.8) is 0 Å². The third-order valence-corrected chi connectivity index (χ3v) is 7.51. The molecule has 0 amide bonds. The number of pyridine rings is 1. The number of nitrogens with one attached hydrogen (secondary N) is 1. The number of thiazole rings is 1.